The Morgan fingerprint density at radius 3 is 2.52 bits per heavy atom. The van der Waals surface area contributed by atoms with Crippen LogP contribution in [0.2, 0.25) is 0 Å². The summed E-state index contributed by atoms with van der Waals surface area (Å²) in [6.07, 6.45) is 0. The van der Waals surface area contributed by atoms with Gasteiger partial charge in [0.15, 0.2) is 12.4 Å². The highest BCUT2D eigenvalue weighted by atomic mass is 16.6. The molecule has 0 aliphatic rings. The van der Waals surface area contributed by atoms with E-state index in [0.29, 0.717) is 5.75 Å². The number of rotatable bonds is 7. The molecule has 0 radical (unpaired) electrons. The van der Waals surface area contributed by atoms with Crippen molar-refractivity contribution in [3.05, 3.63) is 64.2 Å². The molecule has 7 nitrogen and oxygen atoms in total. The number of nitro benzene ring substituents is 1. The van der Waals surface area contributed by atoms with Crippen LogP contribution in [0.15, 0.2) is 48.5 Å². The summed E-state index contributed by atoms with van der Waals surface area (Å²) >= 11 is 0. The van der Waals surface area contributed by atoms with Crippen LogP contribution in [0.1, 0.15) is 18.5 Å². The van der Waals surface area contributed by atoms with E-state index < -0.39 is 4.92 Å². The lowest BCUT2D eigenvalue weighted by molar-refractivity contribution is -0.385. The minimum absolute atomic E-state index is 0.0277. The first-order valence-electron chi connectivity index (χ1n) is 7.70. The number of hydrogen-bond donors (Lipinski definition) is 0. The molecule has 2 rings (SSSR count). The van der Waals surface area contributed by atoms with Gasteiger partial charge >= 0.3 is 5.69 Å². The molecule has 25 heavy (non-hydrogen) atoms. The summed E-state index contributed by atoms with van der Waals surface area (Å²) in [6, 6.07) is 13.7. The third kappa shape index (κ3) is 4.47. The van der Waals surface area contributed by atoms with Crippen LogP contribution >= 0.6 is 0 Å². The van der Waals surface area contributed by atoms with Gasteiger partial charge in [-0.3, -0.25) is 14.9 Å². The number of nitrogens with zero attached hydrogens (tertiary/aromatic N) is 2. The number of hydrogen-bond acceptors (Lipinski definition) is 5. The Labute approximate surface area is 145 Å². The second-order valence-corrected chi connectivity index (χ2v) is 5.47. The van der Waals surface area contributed by atoms with Crippen molar-refractivity contribution in [3.63, 3.8) is 0 Å². The van der Waals surface area contributed by atoms with Gasteiger partial charge in [-0.1, -0.05) is 30.3 Å². The molecule has 2 aromatic carbocycles. The zero-order valence-electron chi connectivity index (χ0n) is 14.3. The van der Waals surface area contributed by atoms with E-state index in [1.54, 1.807) is 18.0 Å². The van der Waals surface area contributed by atoms with Gasteiger partial charge in [0.1, 0.15) is 5.75 Å². The Balaban J connectivity index is 2.05. The van der Waals surface area contributed by atoms with Crippen LogP contribution in [-0.2, 0) is 4.79 Å². The third-order valence-corrected chi connectivity index (χ3v) is 3.97. The van der Waals surface area contributed by atoms with Gasteiger partial charge in [0, 0.05) is 7.05 Å². The number of likely N-dealkylation sites (N-methyl/N-ethyl adjacent to an activating group) is 1. The molecular formula is C18H20N2O5. The van der Waals surface area contributed by atoms with E-state index in [2.05, 4.69) is 0 Å². The highest BCUT2D eigenvalue weighted by Crippen LogP contribution is 2.31. The minimum Gasteiger partial charge on any atom is -0.496 e. The van der Waals surface area contributed by atoms with E-state index in [0.717, 1.165) is 5.56 Å². The zero-order chi connectivity index (χ0) is 18.4. The molecule has 2 aromatic rings. The van der Waals surface area contributed by atoms with Gasteiger partial charge in [-0.05, 0) is 24.6 Å². The van der Waals surface area contributed by atoms with Gasteiger partial charge < -0.3 is 14.4 Å². The van der Waals surface area contributed by atoms with Crippen LogP contribution in [0.5, 0.6) is 11.5 Å². The lowest BCUT2D eigenvalue weighted by Crippen LogP contribution is -2.33. The van der Waals surface area contributed by atoms with E-state index in [1.165, 1.54) is 19.2 Å². The van der Waals surface area contributed by atoms with E-state index in [1.807, 2.05) is 37.3 Å². The Hall–Kier alpha value is -3.09. The predicted molar refractivity (Wildman–Crippen MR) is 92.8 cm³/mol. The number of carbonyl (C=O) groups is 1. The number of amides is 1. The molecule has 0 saturated carbocycles. The molecule has 0 N–H and O–H groups in total. The van der Waals surface area contributed by atoms with Crippen molar-refractivity contribution in [1.29, 1.82) is 0 Å². The molecule has 0 aliphatic carbocycles. The Morgan fingerprint density at radius 1 is 1.24 bits per heavy atom. The number of ether oxygens (including phenoxy) is 2. The first-order chi connectivity index (χ1) is 11.9. The highest BCUT2D eigenvalue weighted by molar-refractivity contribution is 5.78. The summed E-state index contributed by atoms with van der Waals surface area (Å²) < 4.78 is 10.3. The summed E-state index contributed by atoms with van der Waals surface area (Å²) in [4.78, 5) is 24.5. The molecule has 0 fully saturated rings. The average Bonchev–Trinajstić information content (AvgIpc) is 2.65. The first-order valence-corrected chi connectivity index (χ1v) is 7.70. The van der Waals surface area contributed by atoms with Gasteiger partial charge in [0.25, 0.3) is 5.91 Å². The van der Waals surface area contributed by atoms with Crippen LogP contribution in [0.25, 0.3) is 0 Å². The highest BCUT2D eigenvalue weighted by Gasteiger charge is 2.21. The number of carbonyl (C=O) groups excluding carboxylic acids is 1. The molecule has 1 atom stereocenters. The molecule has 7 heteroatoms. The van der Waals surface area contributed by atoms with Crippen molar-refractivity contribution < 1.29 is 19.2 Å². The van der Waals surface area contributed by atoms with Gasteiger partial charge in [-0.2, -0.15) is 0 Å². The Bertz CT molecular complexity index is 748. The van der Waals surface area contributed by atoms with Gasteiger partial charge in [-0.15, -0.1) is 0 Å². The lowest BCUT2D eigenvalue weighted by Gasteiger charge is -2.25. The fourth-order valence-electron chi connectivity index (χ4n) is 2.30. The number of methoxy groups -OCH3 is 1. The average molecular weight is 344 g/mol. The second kappa shape index (κ2) is 8.14. The predicted octanol–water partition coefficient (Wildman–Crippen LogP) is 3.20. The van der Waals surface area contributed by atoms with Gasteiger partial charge in [-0.25, -0.2) is 0 Å². The summed E-state index contributed by atoms with van der Waals surface area (Å²) in [7, 11) is 3.09. The molecular weight excluding hydrogens is 324 g/mol. The maximum Gasteiger partial charge on any atom is 0.314 e. The van der Waals surface area contributed by atoms with Crippen LogP contribution in [0, 0.1) is 10.1 Å². The molecule has 0 bridgehead atoms. The number of nitro groups is 1. The van der Waals surface area contributed by atoms with Crippen LogP contribution < -0.4 is 9.47 Å². The van der Waals surface area contributed by atoms with Crippen molar-refractivity contribution in [2.75, 3.05) is 20.8 Å². The monoisotopic (exact) mass is 344 g/mol. The first kappa shape index (κ1) is 18.3. The molecule has 0 aromatic heterocycles. The SMILES string of the molecule is COc1ccc(OCC(=O)N(C)C(C)c2ccccc2)c([N+](=O)[O-])c1. The van der Waals surface area contributed by atoms with Crippen molar-refractivity contribution >= 4 is 11.6 Å². The zero-order valence-corrected chi connectivity index (χ0v) is 14.3. The summed E-state index contributed by atoms with van der Waals surface area (Å²) in [5.74, 6) is 0.0987. The molecule has 0 saturated heterocycles. The Morgan fingerprint density at radius 2 is 1.92 bits per heavy atom. The van der Waals surface area contributed by atoms with Crippen LogP contribution in [-0.4, -0.2) is 36.5 Å². The van der Waals surface area contributed by atoms with Crippen molar-refractivity contribution in [1.82, 2.24) is 4.90 Å². The van der Waals surface area contributed by atoms with Crippen molar-refractivity contribution in [3.8, 4) is 11.5 Å². The molecule has 1 amide bonds. The quantitative estimate of drug-likeness (QED) is 0.569. The van der Waals surface area contributed by atoms with Crippen LogP contribution in [0.3, 0.4) is 0 Å². The molecule has 1 unspecified atom stereocenters. The van der Waals surface area contributed by atoms with E-state index >= 15 is 0 Å². The standard InChI is InChI=1S/C18H20N2O5/c1-13(14-7-5-4-6-8-14)19(2)18(21)12-25-17-10-9-15(24-3)11-16(17)20(22)23/h4-11,13H,12H2,1-3H3. The number of benzene rings is 2. The molecule has 0 aliphatic heterocycles. The largest absolute Gasteiger partial charge is 0.496 e. The molecule has 132 valence electrons. The minimum atomic E-state index is -0.571. The fraction of sp³-hybridized carbons (Fsp3) is 0.278. The van der Waals surface area contributed by atoms with Crippen molar-refractivity contribution in [2.24, 2.45) is 0 Å². The third-order valence-electron chi connectivity index (χ3n) is 3.97. The maximum atomic E-state index is 12.3. The maximum absolute atomic E-state index is 12.3. The lowest BCUT2D eigenvalue weighted by atomic mass is 10.1. The van der Waals surface area contributed by atoms with Gasteiger partial charge in [0.05, 0.1) is 24.1 Å². The molecule has 0 spiro atoms. The smallest absolute Gasteiger partial charge is 0.314 e. The summed E-state index contributed by atoms with van der Waals surface area (Å²) in [6.45, 7) is 1.61. The van der Waals surface area contributed by atoms with Crippen LogP contribution in [0.4, 0.5) is 5.69 Å². The van der Waals surface area contributed by atoms with E-state index in [-0.39, 0.29) is 30.0 Å². The topological polar surface area (TPSA) is 81.9 Å². The second-order valence-electron chi connectivity index (χ2n) is 5.47. The van der Waals surface area contributed by atoms with Crippen molar-refractivity contribution in [2.45, 2.75) is 13.0 Å². The van der Waals surface area contributed by atoms with Gasteiger partial charge in [0.2, 0.25) is 0 Å². The molecule has 0 heterocycles. The van der Waals surface area contributed by atoms with E-state index in [9.17, 15) is 14.9 Å². The fourth-order valence-corrected chi connectivity index (χ4v) is 2.30. The summed E-state index contributed by atoms with van der Waals surface area (Å²) in [5, 5.41) is 11.1. The Kier molecular flexibility index (Phi) is 5.94. The van der Waals surface area contributed by atoms with E-state index in [4.69, 9.17) is 9.47 Å². The summed E-state index contributed by atoms with van der Waals surface area (Å²) in [5.41, 5.74) is 0.750. The normalized spacial score (nSPS) is 11.5.